The van der Waals surface area contributed by atoms with E-state index in [4.69, 9.17) is 9.47 Å². The van der Waals surface area contributed by atoms with Crippen molar-refractivity contribution < 1.29 is 14.3 Å². The molecule has 4 heteroatoms. The molecule has 0 atom stereocenters. The number of ether oxygens (including phenoxy) is 2. The number of aryl methyl sites for hydroxylation is 1. The smallest absolute Gasteiger partial charge is 0.168 e. The number of carbonyl (C=O) groups excluding carboxylic acids is 1. The van der Waals surface area contributed by atoms with Crippen LogP contribution in [0, 0.1) is 6.92 Å². The molecule has 1 rings (SSSR count). The topological polar surface area (TPSA) is 47.6 Å². The van der Waals surface area contributed by atoms with Gasteiger partial charge in [-0.15, -0.1) is 0 Å². The van der Waals surface area contributed by atoms with Crippen LogP contribution in [0.2, 0.25) is 0 Å². The number of Topliss-reactive ketones (excluding diaryl/α,β-unsaturated/α-hetero) is 1. The third kappa shape index (κ3) is 3.20. The van der Waals surface area contributed by atoms with Gasteiger partial charge in [0.25, 0.3) is 0 Å². The van der Waals surface area contributed by atoms with Gasteiger partial charge in [0.1, 0.15) is 11.5 Å². The summed E-state index contributed by atoms with van der Waals surface area (Å²) in [6, 6.07) is 3.58. The molecule has 0 saturated heterocycles. The van der Waals surface area contributed by atoms with Crippen molar-refractivity contribution in [1.82, 2.24) is 5.32 Å². The average Bonchev–Trinajstić information content (AvgIpc) is 2.34. The van der Waals surface area contributed by atoms with Crippen molar-refractivity contribution in [2.45, 2.75) is 13.3 Å². The van der Waals surface area contributed by atoms with Gasteiger partial charge in [-0.3, -0.25) is 4.79 Å². The molecule has 1 N–H and O–H groups in total. The molecule has 4 nitrogen and oxygen atoms in total. The molecular weight excluding hydrogens is 218 g/mol. The Morgan fingerprint density at radius 2 is 2.00 bits per heavy atom. The second kappa shape index (κ2) is 6.25. The van der Waals surface area contributed by atoms with Crippen molar-refractivity contribution in [2.24, 2.45) is 0 Å². The van der Waals surface area contributed by atoms with E-state index in [1.165, 1.54) is 0 Å². The number of rotatable bonds is 6. The lowest BCUT2D eigenvalue weighted by atomic mass is 10.0. The monoisotopic (exact) mass is 237 g/mol. The standard InChI is InChI=1S/C13H19NO3/c1-9-7-10(16-3)8-12(17-4)13(9)11(15)5-6-14-2/h7-8,14H,5-6H2,1-4H3. The third-order valence-corrected chi connectivity index (χ3v) is 2.61. The predicted molar refractivity (Wildman–Crippen MR) is 67.2 cm³/mol. The van der Waals surface area contributed by atoms with Crippen LogP contribution in [0.4, 0.5) is 0 Å². The van der Waals surface area contributed by atoms with Crippen molar-refractivity contribution in [3.63, 3.8) is 0 Å². The SMILES string of the molecule is CNCCC(=O)c1c(C)cc(OC)cc1OC. The summed E-state index contributed by atoms with van der Waals surface area (Å²) >= 11 is 0. The third-order valence-electron chi connectivity index (χ3n) is 2.61. The Kier molecular flexibility index (Phi) is 4.97. The van der Waals surface area contributed by atoms with E-state index in [0.29, 0.717) is 30.0 Å². The van der Waals surface area contributed by atoms with Gasteiger partial charge in [-0.25, -0.2) is 0 Å². The molecule has 0 amide bonds. The number of methoxy groups -OCH3 is 2. The highest BCUT2D eigenvalue weighted by Gasteiger charge is 2.16. The Labute approximate surface area is 102 Å². The highest BCUT2D eigenvalue weighted by atomic mass is 16.5. The van der Waals surface area contributed by atoms with Crippen LogP contribution < -0.4 is 14.8 Å². The van der Waals surface area contributed by atoms with Crippen molar-refractivity contribution in [2.75, 3.05) is 27.8 Å². The van der Waals surface area contributed by atoms with Gasteiger partial charge in [-0.2, -0.15) is 0 Å². The van der Waals surface area contributed by atoms with Gasteiger partial charge in [0, 0.05) is 19.0 Å². The molecule has 0 saturated carbocycles. The fourth-order valence-corrected chi connectivity index (χ4v) is 1.72. The van der Waals surface area contributed by atoms with E-state index in [-0.39, 0.29) is 5.78 Å². The first-order chi connectivity index (χ1) is 8.13. The summed E-state index contributed by atoms with van der Waals surface area (Å²) in [5, 5.41) is 2.96. The Bertz CT molecular complexity index is 402. The van der Waals surface area contributed by atoms with Crippen LogP contribution >= 0.6 is 0 Å². The molecule has 1 aromatic carbocycles. The van der Waals surface area contributed by atoms with Gasteiger partial charge in [0.2, 0.25) is 0 Å². The van der Waals surface area contributed by atoms with Crippen LogP contribution in [0.15, 0.2) is 12.1 Å². The van der Waals surface area contributed by atoms with Gasteiger partial charge in [0.15, 0.2) is 5.78 Å². The van der Waals surface area contributed by atoms with Gasteiger partial charge in [0.05, 0.1) is 19.8 Å². The second-order valence-corrected chi connectivity index (χ2v) is 3.80. The van der Waals surface area contributed by atoms with E-state index < -0.39 is 0 Å². The van der Waals surface area contributed by atoms with Gasteiger partial charge in [-0.05, 0) is 25.6 Å². The lowest BCUT2D eigenvalue weighted by molar-refractivity contribution is 0.0979. The summed E-state index contributed by atoms with van der Waals surface area (Å²) in [4.78, 5) is 12.0. The summed E-state index contributed by atoms with van der Waals surface area (Å²) in [5.74, 6) is 1.35. The van der Waals surface area contributed by atoms with E-state index in [1.807, 2.05) is 20.0 Å². The Morgan fingerprint density at radius 1 is 1.29 bits per heavy atom. The zero-order valence-electron chi connectivity index (χ0n) is 10.8. The zero-order valence-corrected chi connectivity index (χ0v) is 10.8. The molecule has 0 spiro atoms. The molecule has 0 heterocycles. The molecule has 94 valence electrons. The Hall–Kier alpha value is -1.55. The van der Waals surface area contributed by atoms with E-state index in [2.05, 4.69) is 5.32 Å². The van der Waals surface area contributed by atoms with Crippen molar-refractivity contribution in [3.8, 4) is 11.5 Å². The molecule has 0 aliphatic heterocycles. The maximum absolute atomic E-state index is 12.0. The molecular formula is C13H19NO3. The fourth-order valence-electron chi connectivity index (χ4n) is 1.72. The summed E-state index contributed by atoms with van der Waals surface area (Å²) in [7, 11) is 4.98. The maximum atomic E-state index is 12.0. The molecule has 17 heavy (non-hydrogen) atoms. The number of ketones is 1. The number of carbonyl (C=O) groups is 1. The predicted octanol–water partition coefficient (Wildman–Crippen LogP) is 1.80. The first-order valence-corrected chi connectivity index (χ1v) is 5.54. The highest BCUT2D eigenvalue weighted by Crippen LogP contribution is 2.29. The number of nitrogens with one attached hydrogen (secondary N) is 1. The van der Waals surface area contributed by atoms with E-state index in [9.17, 15) is 4.79 Å². The summed E-state index contributed by atoms with van der Waals surface area (Å²) in [6.45, 7) is 2.55. The van der Waals surface area contributed by atoms with E-state index in [0.717, 1.165) is 5.56 Å². The van der Waals surface area contributed by atoms with Crippen LogP contribution in [-0.4, -0.2) is 33.6 Å². The number of benzene rings is 1. The van der Waals surface area contributed by atoms with Crippen molar-refractivity contribution >= 4 is 5.78 Å². The molecule has 0 bridgehead atoms. The quantitative estimate of drug-likeness (QED) is 0.766. The van der Waals surface area contributed by atoms with Crippen LogP contribution in [0.1, 0.15) is 22.3 Å². The zero-order chi connectivity index (χ0) is 12.8. The Balaban J connectivity index is 3.09. The van der Waals surface area contributed by atoms with Gasteiger partial charge < -0.3 is 14.8 Å². The summed E-state index contributed by atoms with van der Waals surface area (Å²) < 4.78 is 10.4. The van der Waals surface area contributed by atoms with Crippen LogP contribution in [0.5, 0.6) is 11.5 Å². The second-order valence-electron chi connectivity index (χ2n) is 3.80. The Morgan fingerprint density at radius 3 is 2.53 bits per heavy atom. The average molecular weight is 237 g/mol. The largest absolute Gasteiger partial charge is 0.497 e. The molecule has 0 radical (unpaired) electrons. The molecule has 0 fully saturated rings. The first kappa shape index (κ1) is 13.5. The number of hydrogen-bond donors (Lipinski definition) is 1. The minimum Gasteiger partial charge on any atom is -0.497 e. The fraction of sp³-hybridized carbons (Fsp3) is 0.462. The lowest BCUT2D eigenvalue weighted by Crippen LogP contribution is -2.14. The molecule has 0 aliphatic rings. The minimum atomic E-state index is 0.0800. The summed E-state index contributed by atoms with van der Waals surface area (Å²) in [6.07, 6.45) is 0.458. The van der Waals surface area contributed by atoms with Crippen LogP contribution in [0.25, 0.3) is 0 Å². The molecule has 0 unspecified atom stereocenters. The van der Waals surface area contributed by atoms with Gasteiger partial charge in [-0.1, -0.05) is 0 Å². The normalized spacial score (nSPS) is 10.1. The molecule has 1 aromatic rings. The molecule has 0 aliphatic carbocycles. The van der Waals surface area contributed by atoms with Gasteiger partial charge >= 0.3 is 0 Å². The highest BCUT2D eigenvalue weighted by molar-refractivity contribution is 6.00. The maximum Gasteiger partial charge on any atom is 0.168 e. The lowest BCUT2D eigenvalue weighted by Gasteiger charge is -2.12. The van der Waals surface area contributed by atoms with Crippen molar-refractivity contribution in [3.05, 3.63) is 23.3 Å². The minimum absolute atomic E-state index is 0.0800. The van der Waals surface area contributed by atoms with Crippen LogP contribution in [-0.2, 0) is 0 Å². The van der Waals surface area contributed by atoms with E-state index in [1.54, 1.807) is 20.3 Å². The van der Waals surface area contributed by atoms with Crippen molar-refractivity contribution in [1.29, 1.82) is 0 Å². The number of hydrogen-bond acceptors (Lipinski definition) is 4. The van der Waals surface area contributed by atoms with E-state index >= 15 is 0 Å². The molecule has 0 aromatic heterocycles. The van der Waals surface area contributed by atoms with Crippen LogP contribution in [0.3, 0.4) is 0 Å². The summed E-state index contributed by atoms with van der Waals surface area (Å²) in [5.41, 5.74) is 1.52. The first-order valence-electron chi connectivity index (χ1n) is 5.54.